The first-order valence-electron chi connectivity index (χ1n) is 3.77. The van der Waals surface area contributed by atoms with Crippen molar-refractivity contribution in [3.63, 3.8) is 0 Å². The Morgan fingerprint density at radius 3 is 2.69 bits per heavy atom. The summed E-state index contributed by atoms with van der Waals surface area (Å²) >= 11 is 11.5. The molecule has 0 amide bonds. The average Bonchev–Trinajstić information content (AvgIpc) is 2.08. The van der Waals surface area contributed by atoms with Crippen LogP contribution in [0.25, 0.3) is 0 Å². The van der Waals surface area contributed by atoms with Crippen molar-refractivity contribution < 1.29 is 5.11 Å². The molecule has 1 rings (SSSR count). The summed E-state index contributed by atoms with van der Waals surface area (Å²) < 4.78 is 0. The number of halogens is 2. The van der Waals surface area contributed by atoms with Crippen LogP contribution in [-0.2, 0) is 0 Å². The van der Waals surface area contributed by atoms with Crippen LogP contribution in [0.2, 0.25) is 10.2 Å². The predicted octanol–water partition coefficient (Wildman–Crippen LogP) is 1.77. The van der Waals surface area contributed by atoms with Crippen molar-refractivity contribution in [2.24, 2.45) is 5.73 Å². The van der Waals surface area contributed by atoms with E-state index in [2.05, 4.69) is 4.98 Å². The van der Waals surface area contributed by atoms with Gasteiger partial charge in [0.15, 0.2) is 0 Å². The highest BCUT2D eigenvalue weighted by Crippen LogP contribution is 2.24. The number of pyridine rings is 1. The third kappa shape index (κ3) is 2.54. The molecule has 1 aromatic heterocycles. The fourth-order valence-corrected chi connectivity index (χ4v) is 1.34. The van der Waals surface area contributed by atoms with E-state index >= 15 is 0 Å². The van der Waals surface area contributed by atoms with Gasteiger partial charge in [0.2, 0.25) is 0 Å². The van der Waals surface area contributed by atoms with Gasteiger partial charge in [0.25, 0.3) is 0 Å². The van der Waals surface area contributed by atoms with Crippen LogP contribution in [0.3, 0.4) is 0 Å². The van der Waals surface area contributed by atoms with Crippen LogP contribution in [-0.4, -0.2) is 16.2 Å². The Morgan fingerprint density at radius 2 is 2.15 bits per heavy atom. The molecule has 0 aliphatic heterocycles. The molecule has 0 saturated carbocycles. The van der Waals surface area contributed by atoms with Crippen molar-refractivity contribution in [2.45, 2.75) is 19.1 Å². The molecule has 0 saturated heterocycles. The van der Waals surface area contributed by atoms with Gasteiger partial charge in [-0.15, -0.1) is 0 Å². The van der Waals surface area contributed by atoms with Gasteiger partial charge in [0.1, 0.15) is 5.15 Å². The van der Waals surface area contributed by atoms with Gasteiger partial charge in [0, 0.05) is 6.20 Å². The molecule has 1 aromatic rings. The number of nitrogens with zero attached hydrogens (tertiary/aromatic N) is 1. The lowest BCUT2D eigenvalue weighted by atomic mass is 10.1. The van der Waals surface area contributed by atoms with E-state index < -0.39 is 12.1 Å². The first kappa shape index (κ1) is 10.7. The van der Waals surface area contributed by atoms with Crippen molar-refractivity contribution >= 4 is 23.2 Å². The molecule has 0 aliphatic rings. The van der Waals surface area contributed by atoms with Gasteiger partial charge in [0.05, 0.1) is 17.2 Å². The van der Waals surface area contributed by atoms with E-state index in [0.717, 1.165) is 0 Å². The molecule has 0 radical (unpaired) electrons. The highest BCUT2D eigenvalue weighted by Gasteiger charge is 2.15. The third-order valence-corrected chi connectivity index (χ3v) is 2.25. The van der Waals surface area contributed by atoms with Crippen molar-refractivity contribution in [1.29, 1.82) is 0 Å². The lowest BCUT2D eigenvalue weighted by molar-refractivity contribution is 0.164. The molecule has 3 nitrogen and oxygen atoms in total. The maximum atomic E-state index is 9.24. The summed E-state index contributed by atoms with van der Waals surface area (Å²) in [5, 5.41) is 9.97. The Hall–Kier alpha value is -0.350. The van der Waals surface area contributed by atoms with E-state index in [1.54, 1.807) is 13.0 Å². The van der Waals surface area contributed by atoms with Gasteiger partial charge in [-0.2, -0.15) is 0 Å². The van der Waals surface area contributed by atoms with E-state index in [4.69, 9.17) is 28.9 Å². The molecular formula is C8H10Cl2N2O. The largest absolute Gasteiger partial charge is 0.391 e. The Morgan fingerprint density at radius 1 is 1.54 bits per heavy atom. The van der Waals surface area contributed by atoms with E-state index in [-0.39, 0.29) is 0 Å². The van der Waals surface area contributed by atoms with Gasteiger partial charge in [-0.3, -0.25) is 0 Å². The van der Waals surface area contributed by atoms with E-state index in [1.807, 2.05) is 0 Å². The Labute approximate surface area is 86.5 Å². The summed E-state index contributed by atoms with van der Waals surface area (Å²) in [4.78, 5) is 3.78. The fraction of sp³-hybridized carbons (Fsp3) is 0.375. The second-order valence-electron chi connectivity index (χ2n) is 2.79. The first-order valence-corrected chi connectivity index (χ1v) is 4.52. The molecular weight excluding hydrogens is 211 g/mol. The molecule has 0 fully saturated rings. The lowest BCUT2D eigenvalue weighted by Gasteiger charge is -2.16. The van der Waals surface area contributed by atoms with Gasteiger partial charge in [-0.05, 0) is 18.6 Å². The van der Waals surface area contributed by atoms with Crippen LogP contribution in [0, 0.1) is 0 Å². The summed E-state index contributed by atoms with van der Waals surface area (Å²) in [5.41, 5.74) is 6.29. The van der Waals surface area contributed by atoms with Gasteiger partial charge >= 0.3 is 0 Å². The molecule has 3 N–H and O–H groups in total. The zero-order chi connectivity index (χ0) is 10.0. The molecule has 0 unspecified atom stereocenters. The number of hydrogen-bond donors (Lipinski definition) is 2. The zero-order valence-electron chi connectivity index (χ0n) is 7.04. The first-order chi connectivity index (χ1) is 6.02. The normalized spacial score (nSPS) is 15.5. The topological polar surface area (TPSA) is 59.1 Å². The number of rotatable bonds is 2. The molecule has 0 bridgehead atoms. The highest BCUT2D eigenvalue weighted by molar-refractivity contribution is 6.32. The Kier molecular flexibility index (Phi) is 3.50. The van der Waals surface area contributed by atoms with Crippen LogP contribution < -0.4 is 5.73 Å². The van der Waals surface area contributed by atoms with E-state index in [0.29, 0.717) is 15.7 Å². The molecule has 0 spiro atoms. The quantitative estimate of drug-likeness (QED) is 0.748. The van der Waals surface area contributed by atoms with Crippen molar-refractivity contribution in [2.75, 3.05) is 0 Å². The average molecular weight is 221 g/mol. The van der Waals surface area contributed by atoms with Crippen molar-refractivity contribution in [1.82, 2.24) is 4.98 Å². The van der Waals surface area contributed by atoms with Crippen molar-refractivity contribution in [3.8, 4) is 0 Å². The zero-order valence-corrected chi connectivity index (χ0v) is 8.55. The number of hydrogen-bond acceptors (Lipinski definition) is 3. The molecule has 5 heteroatoms. The number of nitrogens with two attached hydrogens (primary N) is 1. The molecule has 2 atom stereocenters. The summed E-state index contributed by atoms with van der Waals surface area (Å²) in [6, 6.07) is 1.02. The maximum absolute atomic E-state index is 9.24. The van der Waals surface area contributed by atoms with Gasteiger partial charge < -0.3 is 10.8 Å². The van der Waals surface area contributed by atoms with Gasteiger partial charge in [-0.25, -0.2) is 4.98 Å². The minimum atomic E-state index is -0.670. The van der Waals surface area contributed by atoms with Crippen LogP contribution in [0.15, 0.2) is 12.3 Å². The molecule has 0 aromatic carbocycles. The van der Waals surface area contributed by atoms with E-state index in [1.165, 1.54) is 6.20 Å². The van der Waals surface area contributed by atoms with Crippen LogP contribution in [0.1, 0.15) is 18.5 Å². The van der Waals surface area contributed by atoms with Gasteiger partial charge in [-0.1, -0.05) is 23.2 Å². The predicted molar refractivity (Wildman–Crippen MR) is 52.9 cm³/mol. The van der Waals surface area contributed by atoms with Crippen LogP contribution in [0.5, 0.6) is 0 Å². The Bertz CT molecular complexity index is 304. The summed E-state index contributed by atoms with van der Waals surface area (Å²) in [6.07, 6.45) is 0.748. The molecule has 0 aliphatic carbocycles. The lowest BCUT2D eigenvalue weighted by Crippen LogP contribution is -2.23. The highest BCUT2D eigenvalue weighted by atomic mass is 35.5. The SMILES string of the molecule is C[C@@H](O)[C@H](N)c1cc(Cl)ncc1Cl. The third-order valence-electron chi connectivity index (χ3n) is 1.73. The monoisotopic (exact) mass is 220 g/mol. The smallest absolute Gasteiger partial charge is 0.129 e. The van der Waals surface area contributed by atoms with Crippen molar-refractivity contribution in [3.05, 3.63) is 28.0 Å². The number of aliphatic hydroxyl groups excluding tert-OH is 1. The Balaban J connectivity index is 3.05. The minimum absolute atomic E-state index is 0.315. The standard InChI is InChI=1S/C8H10Cl2N2O/c1-4(13)8(11)5-2-7(10)12-3-6(5)9/h2-4,8,13H,11H2,1H3/t4-,8+/m1/s1. The molecule has 13 heavy (non-hydrogen) atoms. The second-order valence-corrected chi connectivity index (χ2v) is 3.59. The fourth-order valence-electron chi connectivity index (χ4n) is 0.943. The molecule has 72 valence electrons. The molecule has 1 heterocycles. The minimum Gasteiger partial charge on any atom is -0.391 e. The summed E-state index contributed by atoms with van der Waals surface area (Å²) in [7, 11) is 0. The van der Waals surface area contributed by atoms with E-state index in [9.17, 15) is 5.11 Å². The summed E-state index contributed by atoms with van der Waals surface area (Å²) in [5.74, 6) is 0. The van der Waals surface area contributed by atoms with Crippen LogP contribution in [0.4, 0.5) is 0 Å². The number of aromatic nitrogens is 1. The number of aliphatic hydroxyl groups is 1. The van der Waals surface area contributed by atoms with Crippen LogP contribution >= 0.6 is 23.2 Å². The summed E-state index contributed by atoms with van der Waals surface area (Å²) in [6.45, 7) is 1.59. The second kappa shape index (κ2) is 4.24. The maximum Gasteiger partial charge on any atom is 0.129 e.